The van der Waals surface area contributed by atoms with Crippen LogP contribution >= 0.6 is 15.9 Å². The van der Waals surface area contributed by atoms with Gasteiger partial charge in [-0.3, -0.25) is 0 Å². The van der Waals surface area contributed by atoms with Gasteiger partial charge in [0.1, 0.15) is 18.5 Å². The van der Waals surface area contributed by atoms with Gasteiger partial charge in [-0.2, -0.15) is 4.31 Å². The summed E-state index contributed by atoms with van der Waals surface area (Å²) in [6, 6.07) is 11.3. The topological polar surface area (TPSA) is 134 Å². The predicted octanol–water partition coefficient (Wildman–Crippen LogP) is 2.01. The third kappa shape index (κ3) is 6.94. The molecule has 0 radical (unpaired) electrons. The third-order valence-corrected chi connectivity index (χ3v) is 10.7. The molecule has 10 nitrogen and oxygen atoms in total. The van der Waals surface area contributed by atoms with Gasteiger partial charge in [-0.15, -0.1) is 0 Å². The van der Waals surface area contributed by atoms with Crippen LogP contribution in [-0.4, -0.2) is 83.9 Å². The van der Waals surface area contributed by atoms with Crippen molar-refractivity contribution in [3.05, 3.63) is 52.5 Å². The third-order valence-electron chi connectivity index (χ3n) is 6.97. The molecule has 2 aliphatic heterocycles. The van der Waals surface area contributed by atoms with Crippen LogP contribution in [0.2, 0.25) is 0 Å². The molecule has 2 fully saturated rings. The van der Waals surface area contributed by atoms with Crippen LogP contribution in [0.1, 0.15) is 24.8 Å². The minimum absolute atomic E-state index is 0.00330. The number of aliphatic hydroxyl groups is 1. The van der Waals surface area contributed by atoms with Crippen LogP contribution < -0.4 is 14.8 Å². The minimum atomic E-state index is -3.58. The summed E-state index contributed by atoms with van der Waals surface area (Å²) in [6.45, 7) is 3.40. The Kier molecular flexibility index (Phi) is 9.20. The molecule has 2 saturated heterocycles. The van der Waals surface area contributed by atoms with E-state index in [0.717, 1.165) is 16.5 Å². The summed E-state index contributed by atoms with van der Waals surface area (Å²) in [7, 11) is -5.82. The molecule has 210 valence electrons. The zero-order valence-corrected chi connectivity index (χ0v) is 24.6. The monoisotopic (exact) mass is 631 g/mol. The number of nitrogens with one attached hydrogen (secondary N) is 2. The van der Waals surface area contributed by atoms with Crippen molar-refractivity contribution in [2.24, 2.45) is 0 Å². The van der Waals surface area contributed by atoms with Crippen molar-refractivity contribution in [2.45, 2.75) is 53.7 Å². The van der Waals surface area contributed by atoms with Crippen molar-refractivity contribution in [1.82, 2.24) is 14.3 Å². The van der Waals surface area contributed by atoms with E-state index < -0.39 is 26.2 Å². The number of benzene rings is 2. The highest BCUT2D eigenvalue weighted by molar-refractivity contribution is 9.10. The van der Waals surface area contributed by atoms with Crippen LogP contribution in [0.15, 0.2) is 56.7 Å². The first-order valence-corrected chi connectivity index (χ1v) is 16.1. The average molecular weight is 633 g/mol. The summed E-state index contributed by atoms with van der Waals surface area (Å²) in [5.74, 6) is 0.350. The van der Waals surface area contributed by atoms with E-state index in [1.807, 2.05) is 13.0 Å². The zero-order chi connectivity index (χ0) is 27.6. The maximum atomic E-state index is 13.2. The molecule has 2 atom stereocenters. The van der Waals surface area contributed by atoms with E-state index in [1.165, 1.54) is 23.5 Å². The Morgan fingerprint density at radius 2 is 1.89 bits per heavy atom. The highest BCUT2D eigenvalue weighted by Crippen LogP contribution is 2.37. The lowest BCUT2D eigenvalue weighted by molar-refractivity contribution is -0.0312. The van der Waals surface area contributed by atoms with Crippen LogP contribution in [-0.2, 0) is 24.8 Å². The second-order valence-electron chi connectivity index (χ2n) is 9.82. The molecule has 4 rings (SSSR count). The van der Waals surface area contributed by atoms with Gasteiger partial charge < -0.3 is 19.9 Å². The zero-order valence-electron chi connectivity index (χ0n) is 21.4. The summed E-state index contributed by atoms with van der Waals surface area (Å²) >= 11 is 3.38. The molecule has 13 heteroatoms. The molecule has 0 aromatic heterocycles. The Hall–Kier alpha value is -1.58. The Morgan fingerprint density at radius 3 is 2.58 bits per heavy atom. The summed E-state index contributed by atoms with van der Waals surface area (Å²) < 4.78 is 66.5. The minimum Gasteiger partial charge on any atom is -0.491 e. The van der Waals surface area contributed by atoms with Crippen LogP contribution in [0.5, 0.6) is 5.75 Å². The van der Waals surface area contributed by atoms with E-state index >= 15 is 0 Å². The predicted molar refractivity (Wildman–Crippen MR) is 146 cm³/mol. The first-order valence-electron chi connectivity index (χ1n) is 12.4. The molecule has 0 aliphatic carbocycles. The smallest absolute Gasteiger partial charge is 0.243 e. The molecule has 0 amide bonds. The Labute approximate surface area is 232 Å². The molecule has 2 heterocycles. The maximum absolute atomic E-state index is 13.2. The van der Waals surface area contributed by atoms with E-state index in [4.69, 9.17) is 9.47 Å². The van der Waals surface area contributed by atoms with Gasteiger partial charge in [0.15, 0.2) is 0 Å². The van der Waals surface area contributed by atoms with Crippen molar-refractivity contribution in [1.29, 1.82) is 0 Å². The van der Waals surface area contributed by atoms with Gasteiger partial charge in [0.05, 0.1) is 22.0 Å². The highest BCUT2D eigenvalue weighted by Gasteiger charge is 2.44. The highest BCUT2D eigenvalue weighted by atomic mass is 79.9. The molecule has 2 aromatic rings. The molecule has 0 saturated carbocycles. The lowest BCUT2D eigenvalue weighted by atomic mass is 9.88. The summed E-state index contributed by atoms with van der Waals surface area (Å²) in [4.78, 5) is 0.378. The van der Waals surface area contributed by atoms with E-state index in [0.29, 0.717) is 43.2 Å². The Balaban J connectivity index is 1.24. The van der Waals surface area contributed by atoms with Gasteiger partial charge in [-0.25, -0.2) is 21.6 Å². The molecule has 38 heavy (non-hydrogen) atoms. The fourth-order valence-corrected chi connectivity index (χ4v) is 7.96. The summed E-state index contributed by atoms with van der Waals surface area (Å²) in [6.07, 6.45) is 1.13. The Morgan fingerprint density at radius 1 is 1.16 bits per heavy atom. The summed E-state index contributed by atoms with van der Waals surface area (Å²) in [5.41, 5.74) is 0.500. The largest absolute Gasteiger partial charge is 0.491 e. The number of hydrogen-bond donors (Lipinski definition) is 3. The maximum Gasteiger partial charge on any atom is 0.243 e. The lowest BCUT2D eigenvalue weighted by Crippen LogP contribution is -2.47. The normalized spacial score (nSPS) is 21.0. The van der Waals surface area contributed by atoms with E-state index in [2.05, 4.69) is 26.0 Å². The van der Waals surface area contributed by atoms with Gasteiger partial charge in [0, 0.05) is 36.2 Å². The van der Waals surface area contributed by atoms with Crippen molar-refractivity contribution >= 4 is 36.0 Å². The van der Waals surface area contributed by atoms with Crippen LogP contribution in [0.25, 0.3) is 0 Å². The second kappa shape index (κ2) is 11.9. The molecule has 3 N–H and O–H groups in total. The first-order chi connectivity index (χ1) is 17.9. The molecule has 2 unspecified atom stereocenters. The number of piperidine rings is 1. The molecule has 0 bridgehead atoms. The SMILES string of the molecule is CNS(=O)(=O)c1cccc(OCC(O)CNC2COC3(CCN(S(=O)(=O)c4cc(C)cc(Br)c4)CC3)C2)c1. The van der Waals surface area contributed by atoms with E-state index in [9.17, 15) is 21.9 Å². The van der Waals surface area contributed by atoms with Crippen molar-refractivity contribution < 1.29 is 31.4 Å². The van der Waals surface area contributed by atoms with Gasteiger partial charge in [0.2, 0.25) is 20.0 Å². The number of halogens is 1. The molecule has 1 spiro atoms. The number of rotatable bonds is 10. The summed E-state index contributed by atoms with van der Waals surface area (Å²) in [5, 5.41) is 13.7. The molecule has 2 aromatic carbocycles. The first kappa shape index (κ1) is 29.4. The van der Waals surface area contributed by atoms with Crippen molar-refractivity contribution in [3.63, 3.8) is 0 Å². The van der Waals surface area contributed by atoms with Crippen LogP contribution in [0, 0.1) is 6.92 Å². The second-order valence-corrected chi connectivity index (χ2v) is 14.6. The standard InChI is InChI=1S/C25H34BrN3O7S2/c1-18-10-19(26)12-24(11-18)38(33,34)29-8-6-25(7-9-29)14-20(16-36-25)28-15-21(30)17-35-22-4-3-5-23(13-22)37(31,32)27-2/h3-5,10-13,20-21,27-28,30H,6-9,14-17H2,1-2H3. The van der Waals surface area contributed by atoms with Gasteiger partial charge in [-0.05, 0) is 69.1 Å². The molecule has 2 aliphatic rings. The van der Waals surface area contributed by atoms with Crippen molar-refractivity contribution in [3.8, 4) is 5.75 Å². The van der Waals surface area contributed by atoms with Crippen LogP contribution in [0.3, 0.4) is 0 Å². The fraction of sp³-hybridized carbons (Fsp3) is 0.520. The van der Waals surface area contributed by atoms with Crippen molar-refractivity contribution in [2.75, 3.05) is 39.9 Å². The van der Waals surface area contributed by atoms with Gasteiger partial charge >= 0.3 is 0 Å². The van der Waals surface area contributed by atoms with Gasteiger partial charge in [0.25, 0.3) is 0 Å². The van der Waals surface area contributed by atoms with E-state index in [-0.39, 0.29) is 29.7 Å². The molecular weight excluding hydrogens is 598 g/mol. The molecular formula is C25H34BrN3O7S2. The fourth-order valence-electron chi connectivity index (χ4n) is 4.86. The van der Waals surface area contributed by atoms with Gasteiger partial charge in [-0.1, -0.05) is 22.0 Å². The average Bonchev–Trinajstić information content (AvgIpc) is 3.28. The number of aliphatic hydroxyl groups excluding tert-OH is 1. The number of sulfonamides is 2. The number of hydrogen-bond acceptors (Lipinski definition) is 8. The number of aryl methyl sites for hydroxylation is 1. The lowest BCUT2D eigenvalue weighted by Gasteiger charge is -2.38. The number of ether oxygens (including phenoxy) is 2. The quantitative estimate of drug-likeness (QED) is 0.363. The van der Waals surface area contributed by atoms with E-state index in [1.54, 1.807) is 24.3 Å². The Bertz CT molecular complexity index is 1330. The van der Waals surface area contributed by atoms with Crippen LogP contribution in [0.4, 0.5) is 0 Å². The number of nitrogens with zero attached hydrogens (tertiary/aromatic N) is 1.